The van der Waals surface area contributed by atoms with Crippen LogP contribution in [-0.2, 0) is 0 Å². The smallest absolute Gasteiger partial charge is 0.252 e. The van der Waals surface area contributed by atoms with E-state index in [0.29, 0.717) is 5.56 Å². The Balaban J connectivity index is 1.94. The second kappa shape index (κ2) is 5.00. The van der Waals surface area contributed by atoms with E-state index in [1.807, 2.05) is 24.3 Å². The van der Waals surface area contributed by atoms with Gasteiger partial charge in [-0.15, -0.1) is 0 Å². The highest BCUT2D eigenvalue weighted by molar-refractivity contribution is 9.10. The molecule has 0 aromatic heterocycles. The van der Waals surface area contributed by atoms with Gasteiger partial charge in [-0.2, -0.15) is 0 Å². The molecule has 1 aliphatic rings. The average molecular weight is 282 g/mol. The maximum absolute atomic E-state index is 11.9. The van der Waals surface area contributed by atoms with Gasteiger partial charge in [0, 0.05) is 10.5 Å². The van der Waals surface area contributed by atoms with Gasteiger partial charge in [0.2, 0.25) is 0 Å². The molecule has 1 aromatic carbocycles. The van der Waals surface area contributed by atoms with E-state index in [4.69, 9.17) is 0 Å². The van der Waals surface area contributed by atoms with E-state index in [1.165, 1.54) is 12.8 Å². The lowest BCUT2D eigenvalue weighted by Gasteiger charge is -2.13. The highest BCUT2D eigenvalue weighted by Crippen LogP contribution is 2.33. The fourth-order valence-corrected chi connectivity index (χ4v) is 2.32. The van der Waals surface area contributed by atoms with Crippen LogP contribution < -0.4 is 5.32 Å². The van der Waals surface area contributed by atoms with Crippen LogP contribution in [0.5, 0.6) is 0 Å². The van der Waals surface area contributed by atoms with Gasteiger partial charge in [-0.1, -0.05) is 25.0 Å². The van der Waals surface area contributed by atoms with Gasteiger partial charge in [-0.3, -0.25) is 4.79 Å². The summed E-state index contributed by atoms with van der Waals surface area (Å²) in [4.78, 5) is 11.9. The lowest BCUT2D eigenvalue weighted by atomic mass is 10.1. The Labute approximate surface area is 105 Å². The third-order valence-electron chi connectivity index (χ3n) is 2.88. The Kier molecular flexibility index (Phi) is 3.64. The summed E-state index contributed by atoms with van der Waals surface area (Å²) < 4.78 is 0.853. The van der Waals surface area contributed by atoms with E-state index in [1.54, 1.807) is 0 Å². The Morgan fingerprint density at radius 2 is 2.19 bits per heavy atom. The summed E-state index contributed by atoms with van der Waals surface area (Å²) in [5.41, 5.74) is 0.713. The fourth-order valence-electron chi connectivity index (χ4n) is 1.86. The molecule has 0 radical (unpaired) electrons. The Hall–Kier alpha value is -0.830. The van der Waals surface area contributed by atoms with Gasteiger partial charge >= 0.3 is 0 Å². The molecule has 0 aliphatic heterocycles. The molecule has 1 N–H and O–H groups in total. The maximum Gasteiger partial charge on any atom is 0.252 e. The Morgan fingerprint density at radius 1 is 1.50 bits per heavy atom. The van der Waals surface area contributed by atoms with Crippen molar-refractivity contribution in [3.63, 3.8) is 0 Å². The SMILES string of the molecule is CC(CC1CC1)NC(=O)c1ccccc1Br. The van der Waals surface area contributed by atoms with E-state index < -0.39 is 0 Å². The summed E-state index contributed by atoms with van der Waals surface area (Å²) in [6.07, 6.45) is 3.76. The van der Waals surface area contributed by atoms with Gasteiger partial charge in [-0.05, 0) is 47.3 Å². The summed E-state index contributed by atoms with van der Waals surface area (Å²) in [7, 11) is 0. The second-order valence-corrected chi connectivity index (χ2v) is 5.39. The van der Waals surface area contributed by atoms with E-state index in [0.717, 1.165) is 16.8 Å². The van der Waals surface area contributed by atoms with Crippen LogP contribution in [0, 0.1) is 5.92 Å². The highest BCUT2D eigenvalue weighted by Gasteiger charge is 2.24. The predicted molar refractivity (Wildman–Crippen MR) is 68.4 cm³/mol. The molecule has 1 aromatic rings. The summed E-state index contributed by atoms with van der Waals surface area (Å²) in [5.74, 6) is 0.857. The van der Waals surface area contributed by atoms with Crippen molar-refractivity contribution in [3.05, 3.63) is 34.3 Å². The number of hydrogen-bond acceptors (Lipinski definition) is 1. The van der Waals surface area contributed by atoms with Crippen LogP contribution in [0.25, 0.3) is 0 Å². The van der Waals surface area contributed by atoms with Crippen LogP contribution in [0.15, 0.2) is 28.7 Å². The molecule has 1 fully saturated rings. The largest absolute Gasteiger partial charge is 0.350 e. The van der Waals surface area contributed by atoms with Crippen LogP contribution in [0.4, 0.5) is 0 Å². The second-order valence-electron chi connectivity index (χ2n) is 4.53. The lowest BCUT2D eigenvalue weighted by Crippen LogP contribution is -2.33. The first-order chi connectivity index (χ1) is 7.66. The molecule has 1 aliphatic carbocycles. The van der Waals surface area contributed by atoms with Crippen molar-refractivity contribution in [1.82, 2.24) is 5.32 Å². The van der Waals surface area contributed by atoms with Gasteiger partial charge < -0.3 is 5.32 Å². The van der Waals surface area contributed by atoms with E-state index >= 15 is 0 Å². The van der Waals surface area contributed by atoms with Crippen molar-refractivity contribution in [1.29, 1.82) is 0 Å². The third kappa shape index (κ3) is 3.08. The molecule has 0 saturated heterocycles. The topological polar surface area (TPSA) is 29.1 Å². The molecule has 1 amide bonds. The summed E-state index contributed by atoms with van der Waals surface area (Å²) in [6, 6.07) is 7.79. The first kappa shape index (κ1) is 11.6. The predicted octanol–water partition coefficient (Wildman–Crippen LogP) is 3.37. The standard InChI is InChI=1S/C13H16BrNO/c1-9(8-10-6-7-10)15-13(16)11-4-2-3-5-12(11)14/h2-5,9-10H,6-8H2,1H3,(H,15,16). The maximum atomic E-state index is 11.9. The zero-order chi connectivity index (χ0) is 11.5. The van der Waals surface area contributed by atoms with Crippen LogP contribution in [0.2, 0.25) is 0 Å². The number of carbonyl (C=O) groups excluding carboxylic acids is 1. The number of nitrogens with one attached hydrogen (secondary N) is 1. The molecule has 2 nitrogen and oxygen atoms in total. The average Bonchev–Trinajstić information content (AvgIpc) is 3.01. The summed E-state index contributed by atoms with van der Waals surface area (Å²) in [5, 5.41) is 3.04. The first-order valence-electron chi connectivity index (χ1n) is 5.72. The van der Waals surface area contributed by atoms with Gasteiger partial charge in [-0.25, -0.2) is 0 Å². The lowest BCUT2D eigenvalue weighted by molar-refractivity contribution is 0.0936. The zero-order valence-corrected chi connectivity index (χ0v) is 11.0. The van der Waals surface area contributed by atoms with Crippen LogP contribution in [0.3, 0.4) is 0 Å². The van der Waals surface area contributed by atoms with Crippen molar-refractivity contribution in [2.45, 2.75) is 32.2 Å². The van der Waals surface area contributed by atoms with Crippen LogP contribution in [0.1, 0.15) is 36.5 Å². The number of benzene rings is 1. The normalized spacial score (nSPS) is 16.9. The number of hydrogen-bond donors (Lipinski definition) is 1. The van der Waals surface area contributed by atoms with Crippen molar-refractivity contribution < 1.29 is 4.79 Å². The van der Waals surface area contributed by atoms with Gasteiger partial charge in [0.25, 0.3) is 5.91 Å². The van der Waals surface area contributed by atoms with Crippen LogP contribution >= 0.6 is 15.9 Å². The molecule has 86 valence electrons. The van der Waals surface area contributed by atoms with Crippen molar-refractivity contribution in [2.24, 2.45) is 5.92 Å². The van der Waals surface area contributed by atoms with Crippen molar-refractivity contribution in [2.75, 3.05) is 0 Å². The van der Waals surface area contributed by atoms with Gasteiger partial charge in [0.05, 0.1) is 5.56 Å². The molecular formula is C13H16BrNO. The molecule has 3 heteroatoms. The van der Waals surface area contributed by atoms with Crippen molar-refractivity contribution in [3.8, 4) is 0 Å². The molecule has 0 spiro atoms. The molecular weight excluding hydrogens is 266 g/mol. The van der Waals surface area contributed by atoms with Gasteiger partial charge in [0.1, 0.15) is 0 Å². The van der Waals surface area contributed by atoms with E-state index in [9.17, 15) is 4.79 Å². The number of halogens is 1. The minimum absolute atomic E-state index is 0.0145. The zero-order valence-electron chi connectivity index (χ0n) is 9.37. The fraction of sp³-hybridized carbons (Fsp3) is 0.462. The minimum atomic E-state index is 0.0145. The quantitative estimate of drug-likeness (QED) is 0.901. The number of carbonyl (C=O) groups is 1. The molecule has 1 saturated carbocycles. The molecule has 2 rings (SSSR count). The third-order valence-corrected chi connectivity index (χ3v) is 3.57. The van der Waals surface area contributed by atoms with Crippen molar-refractivity contribution >= 4 is 21.8 Å². The molecule has 1 unspecified atom stereocenters. The monoisotopic (exact) mass is 281 g/mol. The molecule has 16 heavy (non-hydrogen) atoms. The summed E-state index contributed by atoms with van der Waals surface area (Å²) in [6.45, 7) is 2.08. The van der Waals surface area contributed by atoms with E-state index in [2.05, 4.69) is 28.2 Å². The van der Waals surface area contributed by atoms with Crippen LogP contribution in [-0.4, -0.2) is 11.9 Å². The first-order valence-corrected chi connectivity index (χ1v) is 6.51. The molecule has 0 heterocycles. The molecule has 0 bridgehead atoms. The van der Waals surface area contributed by atoms with E-state index in [-0.39, 0.29) is 11.9 Å². The highest BCUT2D eigenvalue weighted by atomic mass is 79.9. The van der Waals surface area contributed by atoms with Gasteiger partial charge in [0.15, 0.2) is 0 Å². The Morgan fingerprint density at radius 3 is 2.81 bits per heavy atom. The number of amides is 1. The minimum Gasteiger partial charge on any atom is -0.350 e. The Bertz CT molecular complexity index is 387. The summed E-state index contributed by atoms with van der Waals surface area (Å²) >= 11 is 3.39. The number of rotatable bonds is 4. The molecule has 1 atom stereocenters.